The highest BCUT2D eigenvalue weighted by atomic mass is 16.8. The molecule has 1 aromatic carbocycles. The van der Waals surface area contributed by atoms with Gasteiger partial charge in [-0.15, -0.1) is 0 Å². The highest BCUT2D eigenvalue weighted by Gasteiger charge is 2.58. The summed E-state index contributed by atoms with van der Waals surface area (Å²) in [6.07, 6.45) is -24.4. The molecule has 32 nitrogen and oxygen atoms in total. The van der Waals surface area contributed by atoms with Crippen LogP contribution in [0.4, 0.5) is 0 Å². The lowest BCUT2D eigenvalue weighted by molar-refractivity contribution is -0.367. The van der Waals surface area contributed by atoms with Gasteiger partial charge in [0.1, 0.15) is 128 Å². The third-order valence-electron chi connectivity index (χ3n) is 15.5. The van der Waals surface area contributed by atoms with Crippen LogP contribution in [-0.4, -0.2) is 284 Å². The van der Waals surface area contributed by atoms with Gasteiger partial charge in [-0.2, -0.15) is 0 Å². The van der Waals surface area contributed by atoms with Gasteiger partial charge in [-0.25, -0.2) is 0 Å². The summed E-state index contributed by atoms with van der Waals surface area (Å²) in [4.78, 5) is 64.1. The zero-order valence-corrected chi connectivity index (χ0v) is 49.6. The lowest BCUT2D eigenvalue weighted by atomic mass is 9.93. The van der Waals surface area contributed by atoms with Gasteiger partial charge in [-0.3, -0.25) is 24.0 Å². The average molecular weight is 1260 g/mol. The van der Waals surface area contributed by atoms with Crippen molar-refractivity contribution < 1.29 is 133 Å². The van der Waals surface area contributed by atoms with Crippen LogP contribution < -0.4 is 31.3 Å². The van der Waals surface area contributed by atoms with Gasteiger partial charge in [0.05, 0.1) is 39.6 Å². The molecule has 32 heteroatoms. The number of carbonyl (C=O) groups excluding carboxylic acids is 5. The number of hydrogen-bond acceptors (Lipinski definition) is 27. The van der Waals surface area contributed by atoms with Gasteiger partial charge >= 0.3 is 0 Å². The van der Waals surface area contributed by atoms with Crippen LogP contribution in [0.25, 0.3) is 0 Å². The van der Waals surface area contributed by atoms with Crippen LogP contribution >= 0.6 is 0 Å². The van der Waals surface area contributed by atoms with E-state index in [1.807, 2.05) is 0 Å². The number of allylic oxidation sites excluding steroid dienone is 2. The predicted octanol–water partition coefficient (Wildman–Crippen LogP) is -6.23. The summed E-state index contributed by atoms with van der Waals surface area (Å²) < 4.78 is 59.8. The molecule has 5 heterocycles. The quantitative estimate of drug-likeness (QED) is 0.0262. The Labute approximate surface area is 507 Å². The van der Waals surface area contributed by atoms with Gasteiger partial charge in [0.25, 0.3) is 5.91 Å². The number of amides is 5. The Balaban J connectivity index is 1.18. The molecule has 15 unspecified atom stereocenters. The van der Waals surface area contributed by atoms with Crippen LogP contribution in [0, 0.1) is 0 Å². The number of ether oxygens (including phenoxy) is 10. The Hall–Kier alpha value is -4.73. The van der Waals surface area contributed by atoms with Gasteiger partial charge in [0, 0.05) is 33.3 Å². The van der Waals surface area contributed by atoms with E-state index in [4.69, 9.17) is 47.4 Å². The fraction of sp³-hybridized carbons (Fsp3) is 0.768. The normalized spacial score (nSPS) is 37.8. The fourth-order valence-corrected chi connectivity index (χ4v) is 11.1. The minimum Gasteiger partial charge on any atom is -0.494 e. The first-order valence-electron chi connectivity index (χ1n) is 29.5. The summed E-state index contributed by atoms with van der Waals surface area (Å²) in [6.45, 7) is 2.01. The number of rotatable bonds is 29. The second kappa shape index (κ2) is 34.6. The molecule has 5 aliphatic rings. The molecule has 25 atom stereocenters. The van der Waals surface area contributed by atoms with Crippen molar-refractivity contribution in [2.75, 3.05) is 39.6 Å². The Morgan fingerprint density at radius 3 is 1.24 bits per heavy atom. The number of carbonyl (C=O) groups is 5. The van der Waals surface area contributed by atoms with Crippen LogP contribution in [0.15, 0.2) is 36.4 Å². The Kier molecular flexibility index (Phi) is 28.5. The monoisotopic (exact) mass is 1260 g/mol. The molecular weight excluding hydrogens is 1170 g/mol. The molecule has 5 fully saturated rings. The molecule has 0 aromatic heterocycles. The van der Waals surface area contributed by atoms with Crippen molar-refractivity contribution in [3.05, 3.63) is 42.0 Å². The SMILES string of the molecule is CCCCCC/C=C\CCCOc1cccc(C(=O)NC2C(O[C@@H]3C(CO)OC(OC4C(CO)O[C@@H](O[C@@H]5C(CO)O[C@@H](OC6C(CO)O[C@@H](O)[C@@H](NC(C)=O)[C@H]6O)C(NC(C)=O)C5O)[C@@H](NC(C)=O)[C@H]4O)C(NC(C)=O)C3O)OC(CO)[C@@H](O)C2O)c1. The first-order chi connectivity index (χ1) is 42.0. The number of benzene rings is 1. The lowest BCUT2D eigenvalue weighted by Crippen LogP contribution is -2.72. The number of aliphatic hydroxyl groups is 12. The number of unbranched alkanes of at least 4 members (excludes halogenated alkanes) is 5. The van der Waals surface area contributed by atoms with E-state index in [2.05, 4.69) is 45.7 Å². The van der Waals surface area contributed by atoms with Crippen LogP contribution in [-0.2, 0) is 61.8 Å². The molecule has 0 aliphatic carbocycles. The van der Waals surface area contributed by atoms with E-state index >= 15 is 0 Å². The van der Waals surface area contributed by atoms with E-state index in [1.165, 1.54) is 25.0 Å². The third-order valence-corrected chi connectivity index (χ3v) is 15.5. The molecule has 5 aliphatic heterocycles. The summed E-state index contributed by atoms with van der Waals surface area (Å²) in [7, 11) is 0. The van der Waals surface area contributed by atoms with Crippen molar-refractivity contribution in [3.8, 4) is 5.75 Å². The molecule has 17 N–H and O–H groups in total. The molecule has 0 radical (unpaired) electrons. The minimum atomic E-state index is -2.03. The molecule has 5 saturated heterocycles. The highest BCUT2D eigenvalue weighted by Crippen LogP contribution is 2.36. The average Bonchev–Trinajstić information content (AvgIpc) is 1.74. The zero-order chi connectivity index (χ0) is 64.5. The second-order valence-corrected chi connectivity index (χ2v) is 22.2. The second-order valence-electron chi connectivity index (χ2n) is 22.2. The molecule has 5 amide bonds. The van der Waals surface area contributed by atoms with Gasteiger partial charge in [0.2, 0.25) is 23.6 Å². The molecule has 0 spiro atoms. The van der Waals surface area contributed by atoms with E-state index in [0.29, 0.717) is 18.8 Å². The number of aliphatic hydroxyl groups excluding tert-OH is 12. The van der Waals surface area contributed by atoms with Crippen molar-refractivity contribution in [2.45, 2.75) is 233 Å². The fourth-order valence-electron chi connectivity index (χ4n) is 11.1. The highest BCUT2D eigenvalue weighted by molar-refractivity contribution is 5.94. The Morgan fingerprint density at radius 2 is 0.830 bits per heavy atom. The minimum absolute atomic E-state index is 0.0576. The van der Waals surface area contributed by atoms with Crippen molar-refractivity contribution in [1.29, 1.82) is 0 Å². The largest absolute Gasteiger partial charge is 0.494 e. The molecule has 0 saturated carbocycles. The third kappa shape index (κ3) is 18.7. The van der Waals surface area contributed by atoms with Crippen molar-refractivity contribution in [1.82, 2.24) is 26.6 Å². The maximum Gasteiger partial charge on any atom is 0.251 e. The smallest absolute Gasteiger partial charge is 0.251 e. The van der Waals surface area contributed by atoms with E-state index in [1.54, 1.807) is 12.1 Å². The van der Waals surface area contributed by atoms with Gasteiger partial charge in [0.15, 0.2) is 31.5 Å². The van der Waals surface area contributed by atoms with Crippen LogP contribution in [0.1, 0.15) is 89.9 Å². The molecule has 6 rings (SSSR count). The predicted molar refractivity (Wildman–Crippen MR) is 297 cm³/mol. The zero-order valence-electron chi connectivity index (χ0n) is 49.6. The van der Waals surface area contributed by atoms with Crippen LogP contribution in [0.2, 0.25) is 0 Å². The maximum atomic E-state index is 13.9. The van der Waals surface area contributed by atoms with Gasteiger partial charge < -0.3 is 135 Å². The van der Waals surface area contributed by atoms with Crippen molar-refractivity contribution in [2.24, 2.45) is 0 Å². The molecule has 1 aromatic rings. The first kappa shape index (κ1) is 72.3. The maximum absolute atomic E-state index is 13.9. The Morgan fingerprint density at radius 1 is 0.455 bits per heavy atom. The topological polar surface area (TPSA) is 481 Å². The lowest BCUT2D eigenvalue weighted by Gasteiger charge is -2.51. The van der Waals surface area contributed by atoms with E-state index in [0.717, 1.165) is 53.4 Å². The summed E-state index contributed by atoms with van der Waals surface area (Å²) in [5, 5.41) is 145. The molecule has 0 bridgehead atoms. The van der Waals surface area contributed by atoms with Gasteiger partial charge in [-0.1, -0.05) is 44.4 Å². The summed E-state index contributed by atoms with van der Waals surface area (Å²) in [5.41, 5.74) is 0.0576. The summed E-state index contributed by atoms with van der Waals surface area (Å²) in [6, 6.07) is -2.18. The summed E-state index contributed by atoms with van der Waals surface area (Å²) >= 11 is 0. The molecule has 500 valence electrons. The molecular formula is C56H89N5O27. The summed E-state index contributed by atoms with van der Waals surface area (Å²) in [5.74, 6) is -3.54. The number of hydrogen-bond donors (Lipinski definition) is 17. The van der Waals surface area contributed by atoms with Crippen LogP contribution in [0.3, 0.4) is 0 Å². The van der Waals surface area contributed by atoms with Crippen molar-refractivity contribution in [3.63, 3.8) is 0 Å². The first-order valence-corrected chi connectivity index (χ1v) is 29.5. The van der Waals surface area contributed by atoms with E-state index in [9.17, 15) is 85.3 Å². The molecule has 88 heavy (non-hydrogen) atoms. The number of nitrogens with one attached hydrogen (secondary N) is 5. The van der Waals surface area contributed by atoms with Gasteiger partial charge in [-0.05, 0) is 43.9 Å². The van der Waals surface area contributed by atoms with E-state index in [-0.39, 0.29) is 5.56 Å². The standard InChI is InChI=1S/C56H89N5O27/c1-6-7-8-9-10-11-12-13-14-18-79-30-17-15-16-29(19-30)51(77)61-37-42(72)41(71)31(20-62)81-53(37)86-48-33(22-64)83-55(39(44(48)74)59-27(4)69)88-50-35(24-66)84-56(40(46(50)76)60-28(5)70)87-49-34(23-65)82-54(38(45(49)75)58-26(3)68)85-47-32(21-63)80-52(78)36(43(47)73)57-25(2)67/h11-12,15-17,19,31-50,52-56,62-66,71-76,78H,6-10,13-14,18,20-24H2,1-5H3,(H,57,67)(H,58,68)(H,59,69)(H,60,70)(H,61,77)/b12-11-/t31?,32?,33?,34?,35?,36-,37?,38?,39?,40-,41+,42?,43+,44?,45?,46+,47?,48+,49+,50?,52+,53?,54-,55?,56-/m0/s1. The van der Waals surface area contributed by atoms with Crippen molar-refractivity contribution >= 4 is 29.5 Å². The van der Waals surface area contributed by atoms with Crippen LogP contribution in [0.5, 0.6) is 5.75 Å². The Bertz CT molecular complexity index is 2400. The van der Waals surface area contributed by atoms with E-state index < -0.39 is 216 Å².